The van der Waals surface area contributed by atoms with Gasteiger partial charge in [0.25, 0.3) is 0 Å². The zero-order chi connectivity index (χ0) is 23.8. The minimum atomic E-state index is -0.990. The number of hydrogen-bond acceptors (Lipinski definition) is 3. The number of fused-ring (bicyclic) bond motifs is 1. The normalized spacial score (nSPS) is 18.0. The van der Waals surface area contributed by atoms with Crippen LogP contribution in [0.4, 0.5) is 4.39 Å². The van der Waals surface area contributed by atoms with Crippen LogP contribution in [0.3, 0.4) is 0 Å². The molecule has 2 aromatic carbocycles. The molecule has 4 rings (SSSR count). The maximum atomic E-state index is 14.7. The average molecular weight is 449 g/mol. The molecule has 0 radical (unpaired) electrons. The van der Waals surface area contributed by atoms with Gasteiger partial charge >= 0.3 is 0 Å². The van der Waals surface area contributed by atoms with Gasteiger partial charge in [-0.1, -0.05) is 42.5 Å². The van der Waals surface area contributed by atoms with Crippen molar-refractivity contribution in [3.8, 4) is 0 Å². The van der Waals surface area contributed by atoms with E-state index in [0.717, 1.165) is 35.3 Å². The molecule has 0 saturated carbocycles. The summed E-state index contributed by atoms with van der Waals surface area (Å²) in [4.78, 5) is 15.2. The van der Waals surface area contributed by atoms with Crippen LogP contribution >= 0.6 is 0 Å². The fraction of sp³-hybridized carbons (Fsp3) is 0.407. The van der Waals surface area contributed by atoms with Crippen LogP contribution in [0.15, 0.2) is 48.5 Å². The Bertz CT molecular complexity index is 1160. The van der Waals surface area contributed by atoms with E-state index >= 15 is 0 Å². The van der Waals surface area contributed by atoms with Crippen molar-refractivity contribution in [2.45, 2.75) is 65.1 Å². The van der Waals surface area contributed by atoms with Crippen LogP contribution in [-0.4, -0.2) is 27.1 Å². The first-order chi connectivity index (χ1) is 15.8. The number of aromatic nitrogens is 2. The molecule has 0 saturated heterocycles. The van der Waals surface area contributed by atoms with Crippen molar-refractivity contribution in [2.24, 2.45) is 5.73 Å². The van der Waals surface area contributed by atoms with Crippen LogP contribution in [0.2, 0.25) is 0 Å². The maximum Gasteiger partial charge on any atom is 0.242 e. The van der Waals surface area contributed by atoms with Crippen LogP contribution in [0.1, 0.15) is 60.0 Å². The second-order valence-corrected chi connectivity index (χ2v) is 9.16. The van der Waals surface area contributed by atoms with Crippen molar-refractivity contribution in [1.82, 2.24) is 14.7 Å². The molecule has 1 aromatic heterocycles. The molecule has 33 heavy (non-hydrogen) atoms. The number of carbonyl (C=O) groups is 1. The van der Waals surface area contributed by atoms with E-state index < -0.39 is 5.54 Å². The zero-order valence-corrected chi connectivity index (χ0v) is 19.9. The Morgan fingerprint density at radius 2 is 1.94 bits per heavy atom. The molecule has 3 aromatic rings. The molecular formula is C27H33FN4O. The van der Waals surface area contributed by atoms with E-state index in [1.165, 1.54) is 5.69 Å². The van der Waals surface area contributed by atoms with Crippen molar-refractivity contribution >= 4 is 5.91 Å². The number of benzene rings is 2. The number of nitrogens with two attached hydrogens (primary N) is 1. The Hall–Kier alpha value is -2.99. The average Bonchev–Trinajstić information content (AvgIpc) is 3.14. The van der Waals surface area contributed by atoms with Crippen LogP contribution in [0.25, 0.3) is 0 Å². The number of aryl methyl sites for hydroxylation is 4. The van der Waals surface area contributed by atoms with Crippen LogP contribution < -0.4 is 5.73 Å². The molecule has 0 aliphatic carbocycles. The topological polar surface area (TPSA) is 64.2 Å². The molecule has 0 fully saturated rings. The van der Waals surface area contributed by atoms with Gasteiger partial charge < -0.3 is 5.73 Å². The lowest BCUT2D eigenvalue weighted by molar-refractivity contribution is -0.132. The quantitative estimate of drug-likeness (QED) is 0.575. The third-order valence-electron chi connectivity index (χ3n) is 7.17. The van der Waals surface area contributed by atoms with Gasteiger partial charge in [0.2, 0.25) is 5.91 Å². The Morgan fingerprint density at radius 1 is 1.21 bits per heavy atom. The van der Waals surface area contributed by atoms with Crippen molar-refractivity contribution in [1.29, 1.82) is 0 Å². The highest BCUT2D eigenvalue weighted by Crippen LogP contribution is 2.43. The standard InChI is InChI=1S/C27H33FN4O/c1-5-32-24-15-16-31(27(4,26(29)33)21-9-7-6-8-10-21)23(25(24)19(3)30-32)14-13-20-12-11-18(2)17-22(20)28/h6-12,17,23H,5,13-16H2,1-4H3,(H2,29,33). The first-order valence-corrected chi connectivity index (χ1v) is 11.7. The zero-order valence-electron chi connectivity index (χ0n) is 19.9. The second kappa shape index (κ2) is 9.10. The van der Waals surface area contributed by atoms with E-state index in [2.05, 4.69) is 16.5 Å². The third kappa shape index (κ3) is 4.08. The minimum absolute atomic E-state index is 0.104. The smallest absolute Gasteiger partial charge is 0.242 e. The Morgan fingerprint density at radius 3 is 2.58 bits per heavy atom. The molecule has 5 nitrogen and oxygen atoms in total. The van der Waals surface area contributed by atoms with E-state index in [9.17, 15) is 9.18 Å². The number of carbonyl (C=O) groups excluding carboxylic acids is 1. The first-order valence-electron chi connectivity index (χ1n) is 11.7. The van der Waals surface area contributed by atoms with E-state index in [-0.39, 0.29) is 17.8 Å². The molecule has 0 bridgehead atoms. The van der Waals surface area contributed by atoms with Gasteiger partial charge in [0, 0.05) is 36.8 Å². The maximum absolute atomic E-state index is 14.7. The Labute approximate surface area is 195 Å². The number of halogens is 1. The summed E-state index contributed by atoms with van der Waals surface area (Å²) in [7, 11) is 0. The fourth-order valence-corrected chi connectivity index (χ4v) is 5.33. The fourth-order valence-electron chi connectivity index (χ4n) is 5.33. The van der Waals surface area contributed by atoms with Crippen molar-refractivity contribution in [2.75, 3.05) is 6.54 Å². The highest BCUT2D eigenvalue weighted by Gasteiger charge is 2.46. The molecule has 2 unspecified atom stereocenters. The molecule has 1 amide bonds. The summed E-state index contributed by atoms with van der Waals surface area (Å²) in [5.74, 6) is -0.566. The van der Waals surface area contributed by atoms with Gasteiger partial charge in [-0.05, 0) is 63.3 Å². The number of amides is 1. The van der Waals surface area contributed by atoms with Gasteiger partial charge in [0.15, 0.2) is 0 Å². The summed E-state index contributed by atoms with van der Waals surface area (Å²) in [6.07, 6.45) is 2.02. The van der Waals surface area contributed by atoms with Gasteiger partial charge in [-0.25, -0.2) is 4.39 Å². The van der Waals surface area contributed by atoms with Gasteiger partial charge in [-0.15, -0.1) is 0 Å². The highest BCUT2D eigenvalue weighted by atomic mass is 19.1. The summed E-state index contributed by atoms with van der Waals surface area (Å²) in [5.41, 5.74) is 10.9. The Kier molecular flexibility index (Phi) is 6.39. The van der Waals surface area contributed by atoms with Crippen LogP contribution in [-0.2, 0) is 29.7 Å². The predicted octanol–water partition coefficient (Wildman–Crippen LogP) is 4.59. The summed E-state index contributed by atoms with van der Waals surface area (Å²) < 4.78 is 16.7. The lowest BCUT2D eigenvalue weighted by Crippen LogP contribution is -2.56. The molecule has 174 valence electrons. The monoisotopic (exact) mass is 448 g/mol. The molecule has 1 aliphatic rings. The van der Waals surface area contributed by atoms with Crippen molar-refractivity contribution < 1.29 is 9.18 Å². The summed E-state index contributed by atoms with van der Waals surface area (Å²) in [6, 6.07) is 15.0. The largest absolute Gasteiger partial charge is 0.368 e. The molecular weight excluding hydrogens is 415 g/mol. The number of primary amides is 1. The van der Waals surface area contributed by atoms with Gasteiger partial charge in [0.05, 0.1) is 5.69 Å². The van der Waals surface area contributed by atoms with Crippen LogP contribution in [0.5, 0.6) is 0 Å². The molecule has 2 N–H and O–H groups in total. The van der Waals surface area contributed by atoms with Gasteiger partial charge in [0.1, 0.15) is 11.4 Å². The van der Waals surface area contributed by atoms with Crippen molar-refractivity contribution in [3.05, 3.63) is 88.0 Å². The Balaban J connectivity index is 1.79. The van der Waals surface area contributed by atoms with E-state index in [0.29, 0.717) is 24.9 Å². The predicted molar refractivity (Wildman–Crippen MR) is 128 cm³/mol. The first kappa shape index (κ1) is 23.2. The van der Waals surface area contributed by atoms with E-state index in [4.69, 9.17) is 10.8 Å². The van der Waals surface area contributed by atoms with E-state index in [1.54, 1.807) is 6.07 Å². The molecule has 0 spiro atoms. The van der Waals surface area contributed by atoms with Gasteiger partial charge in [-0.2, -0.15) is 5.10 Å². The van der Waals surface area contributed by atoms with Crippen molar-refractivity contribution in [3.63, 3.8) is 0 Å². The van der Waals surface area contributed by atoms with E-state index in [1.807, 2.05) is 63.2 Å². The van der Waals surface area contributed by atoms with Crippen LogP contribution in [0, 0.1) is 19.7 Å². The number of rotatable bonds is 7. The van der Waals surface area contributed by atoms with Gasteiger partial charge in [-0.3, -0.25) is 14.4 Å². The lowest BCUT2D eigenvalue weighted by Gasteiger charge is -2.47. The number of nitrogens with zero attached hydrogens (tertiary/aromatic N) is 3. The molecule has 2 heterocycles. The second-order valence-electron chi connectivity index (χ2n) is 9.16. The molecule has 1 aliphatic heterocycles. The molecule has 6 heteroatoms. The summed E-state index contributed by atoms with van der Waals surface area (Å²) >= 11 is 0. The number of hydrogen-bond donors (Lipinski definition) is 1. The minimum Gasteiger partial charge on any atom is -0.368 e. The highest BCUT2D eigenvalue weighted by molar-refractivity contribution is 5.86. The molecule has 2 atom stereocenters. The third-order valence-corrected chi connectivity index (χ3v) is 7.17. The summed E-state index contributed by atoms with van der Waals surface area (Å²) in [6.45, 7) is 9.39. The summed E-state index contributed by atoms with van der Waals surface area (Å²) in [5, 5.41) is 4.78. The lowest BCUT2D eigenvalue weighted by atomic mass is 9.82. The SMILES string of the molecule is CCn1nc(C)c2c1CCN(C(C)(C(N)=O)c1ccccc1)C2CCc1ccc(C)cc1F.